The number of quaternary nitrogens is 2. The second kappa shape index (κ2) is 10.4. The number of rotatable bonds is 6. The fourth-order valence-corrected chi connectivity index (χ4v) is 4.40. The van der Waals surface area contributed by atoms with E-state index in [9.17, 15) is 4.79 Å². The summed E-state index contributed by atoms with van der Waals surface area (Å²) in [4.78, 5) is 17.9. The third-order valence-electron chi connectivity index (χ3n) is 6.29. The molecule has 2 aromatic rings. The predicted molar refractivity (Wildman–Crippen MR) is 122 cm³/mol. The van der Waals surface area contributed by atoms with Crippen molar-refractivity contribution in [3.8, 4) is 0 Å². The molecule has 2 aliphatic heterocycles. The fourth-order valence-electron chi connectivity index (χ4n) is 4.40. The number of piperazine rings is 1. The second-order valence-corrected chi connectivity index (χ2v) is 8.38. The Kier molecular flexibility index (Phi) is 7.11. The number of nitrogens with zero attached hydrogens (tertiary/aromatic N) is 1. The maximum Gasteiger partial charge on any atom is 0.278 e. The van der Waals surface area contributed by atoms with Gasteiger partial charge < -0.3 is 14.7 Å². The largest absolute Gasteiger partial charge is 0.334 e. The Balaban J connectivity index is 1.18. The average Bonchev–Trinajstić information content (AvgIpc) is 2.81. The molecule has 2 N–H and O–H groups in total. The fraction of sp³-hybridized carbons (Fsp3) is 0.346. The number of nitrogens with one attached hydrogen (secondary N) is 2. The van der Waals surface area contributed by atoms with Crippen LogP contribution in [-0.2, 0) is 4.79 Å². The summed E-state index contributed by atoms with van der Waals surface area (Å²) in [5.41, 5.74) is 3.92. The van der Waals surface area contributed by atoms with Crippen molar-refractivity contribution in [1.29, 1.82) is 0 Å². The maximum atomic E-state index is 12.8. The average molecular weight is 404 g/mol. The number of benzene rings is 2. The van der Waals surface area contributed by atoms with E-state index in [2.05, 4.69) is 66.8 Å². The molecule has 0 unspecified atom stereocenters. The molecule has 1 amide bonds. The highest BCUT2D eigenvalue weighted by Gasteiger charge is 2.27. The summed E-state index contributed by atoms with van der Waals surface area (Å²) in [5, 5.41) is 0. The van der Waals surface area contributed by atoms with Crippen LogP contribution in [0.5, 0.6) is 0 Å². The molecule has 0 saturated carbocycles. The molecule has 156 valence electrons. The second-order valence-electron chi connectivity index (χ2n) is 8.38. The van der Waals surface area contributed by atoms with Gasteiger partial charge in [-0.25, -0.2) is 0 Å². The molecule has 0 aromatic heterocycles. The summed E-state index contributed by atoms with van der Waals surface area (Å²) in [6.45, 7) is 7.74. The highest BCUT2D eigenvalue weighted by Crippen LogP contribution is 2.21. The van der Waals surface area contributed by atoms with Crippen LogP contribution in [0, 0.1) is 0 Å². The van der Waals surface area contributed by atoms with Crippen LogP contribution >= 0.6 is 0 Å². The summed E-state index contributed by atoms with van der Waals surface area (Å²) in [6, 6.07) is 21.0. The van der Waals surface area contributed by atoms with Gasteiger partial charge in [0.05, 0.1) is 6.54 Å². The van der Waals surface area contributed by atoms with Gasteiger partial charge in [0.25, 0.3) is 5.91 Å². The van der Waals surface area contributed by atoms with Crippen LogP contribution in [0.3, 0.4) is 0 Å². The van der Waals surface area contributed by atoms with Crippen molar-refractivity contribution in [1.82, 2.24) is 4.90 Å². The van der Waals surface area contributed by atoms with E-state index in [1.54, 1.807) is 4.90 Å². The molecule has 0 aliphatic carbocycles. The first kappa shape index (κ1) is 20.6. The standard InChI is InChI=1S/C26H31N3O/c30-26(29-16-13-25(14-17-29)24-11-5-2-6-12-24)22-28-20-18-27(19-21-28)15-7-10-23-8-3-1-4-9-23/h1-13H,14-22H2/p+2/b10-7+. The number of hydrogen-bond donors (Lipinski definition) is 2. The Morgan fingerprint density at radius 3 is 2.23 bits per heavy atom. The highest BCUT2D eigenvalue weighted by atomic mass is 16.2. The molecule has 0 bridgehead atoms. The Hall–Kier alpha value is -2.69. The van der Waals surface area contributed by atoms with E-state index < -0.39 is 0 Å². The number of amides is 1. The van der Waals surface area contributed by atoms with E-state index in [4.69, 9.17) is 0 Å². The van der Waals surface area contributed by atoms with Gasteiger partial charge in [-0.2, -0.15) is 0 Å². The van der Waals surface area contributed by atoms with Crippen LogP contribution in [-0.4, -0.2) is 63.2 Å². The lowest BCUT2D eigenvalue weighted by atomic mass is 9.99. The third kappa shape index (κ3) is 5.68. The van der Waals surface area contributed by atoms with Gasteiger partial charge in [0.15, 0.2) is 6.54 Å². The van der Waals surface area contributed by atoms with Crippen molar-refractivity contribution >= 4 is 17.6 Å². The van der Waals surface area contributed by atoms with E-state index in [0.29, 0.717) is 12.5 Å². The smallest absolute Gasteiger partial charge is 0.278 e. The van der Waals surface area contributed by atoms with Gasteiger partial charge in [0, 0.05) is 13.1 Å². The molecular formula is C26H33N3O+2. The van der Waals surface area contributed by atoms with Crippen LogP contribution in [0.1, 0.15) is 17.5 Å². The highest BCUT2D eigenvalue weighted by molar-refractivity contribution is 5.79. The summed E-state index contributed by atoms with van der Waals surface area (Å²) < 4.78 is 0. The predicted octanol–water partition coefficient (Wildman–Crippen LogP) is 0.799. The van der Waals surface area contributed by atoms with E-state index in [1.807, 2.05) is 17.0 Å². The maximum absolute atomic E-state index is 12.8. The van der Waals surface area contributed by atoms with Gasteiger partial charge >= 0.3 is 0 Å². The molecule has 0 atom stereocenters. The Bertz CT molecular complexity index is 868. The van der Waals surface area contributed by atoms with Crippen molar-refractivity contribution < 1.29 is 14.6 Å². The summed E-state index contributed by atoms with van der Waals surface area (Å²) in [6.07, 6.45) is 7.68. The lowest BCUT2D eigenvalue weighted by molar-refractivity contribution is -1.01. The summed E-state index contributed by atoms with van der Waals surface area (Å²) >= 11 is 0. The van der Waals surface area contributed by atoms with Gasteiger partial charge in [-0.3, -0.25) is 4.79 Å². The van der Waals surface area contributed by atoms with Gasteiger partial charge in [-0.1, -0.05) is 72.8 Å². The molecular weight excluding hydrogens is 370 g/mol. The Morgan fingerprint density at radius 1 is 0.900 bits per heavy atom. The Labute approximate surface area is 180 Å². The number of carbonyl (C=O) groups is 1. The summed E-state index contributed by atoms with van der Waals surface area (Å²) in [5.74, 6) is 0.306. The van der Waals surface area contributed by atoms with Crippen LogP contribution in [0.25, 0.3) is 11.6 Å². The van der Waals surface area contributed by atoms with E-state index in [1.165, 1.54) is 21.6 Å². The summed E-state index contributed by atoms with van der Waals surface area (Å²) in [7, 11) is 0. The van der Waals surface area contributed by atoms with E-state index in [-0.39, 0.29) is 0 Å². The molecule has 30 heavy (non-hydrogen) atoms. The first-order chi connectivity index (χ1) is 14.8. The van der Waals surface area contributed by atoms with Crippen molar-refractivity contribution in [2.24, 2.45) is 0 Å². The zero-order chi connectivity index (χ0) is 20.6. The molecule has 2 heterocycles. The zero-order valence-electron chi connectivity index (χ0n) is 17.7. The van der Waals surface area contributed by atoms with Crippen LogP contribution in [0.2, 0.25) is 0 Å². The molecule has 2 aromatic carbocycles. The van der Waals surface area contributed by atoms with Gasteiger partial charge in [0.1, 0.15) is 26.2 Å². The van der Waals surface area contributed by atoms with Crippen LogP contribution < -0.4 is 9.80 Å². The first-order valence-electron chi connectivity index (χ1n) is 11.2. The lowest BCUT2D eigenvalue weighted by Crippen LogP contribution is -3.28. The van der Waals surface area contributed by atoms with Crippen LogP contribution in [0.4, 0.5) is 0 Å². The van der Waals surface area contributed by atoms with Gasteiger partial charge in [-0.15, -0.1) is 0 Å². The van der Waals surface area contributed by atoms with E-state index >= 15 is 0 Å². The van der Waals surface area contributed by atoms with Crippen molar-refractivity contribution in [2.75, 3.05) is 52.4 Å². The quantitative estimate of drug-likeness (QED) is 0.734. The van der Waals surface area contributed by atoms with Crippen molar-refractivity contribution in [2.45, 2.75) is 6.42 Å². The Morgan fingerprint density at radius 2 is 1.57 bits per heavy atom. The minimum atomic E-state index is 0.306. The van der Waals surface area contributed by atoms with Crippen molar-refractivity contribution in [3.63, 3.8) is 0 Å². The molecule has 2 aliphatic rings. The minimum Gasteiger partial charge on any atom is -0.334 e. The monoisotopic (exact) mass is 403 g/mol. The molecule has 0 radical (unpaired) electrons. The number of hydrogen-bond acceptors (Lipinski definition) is 1. The first-order valence-corrected chi connectivity index (χ1v) is 11.2. The molecule has 4 nitrogen and oxygen atoms in total. The normalized spacial score (nSPS) is 22.1. The SMILES string of the molecule is O=C(C[NH+]1CC[NH+](C/C=C/c2ccccc2)CC1)N1CC=C(c2ccccc2)CC1. The van der Waals surface area contributed by atoms with Gasteiger partial charge in [-0.05, 0) is 29.2 Å². The molecule has 0 spiro atoms. The molecule has 1 saturated heterocycles. The third-order valence-corrected chi connectivity index (χ3v) is 6.29. The molecule has 4 heteroatoms. The zero-order valence-corrected chi connectivity index (χ0v) is 17.7. The molecule has 1 fully saturated rings. The van der Waals surface area contributed by atoms with Gasteiger partial charge in [0.2, 0.25) is 0 Å². The van der Waals surface area contributed by atoms with Crippen molar-refractivity contribution in [3.05, 3.63) is 83.9 Å². The van der Waals surface area contributed by atoms with Crippen LogP contribution in [0.15, 0.2) is 72.8 Å². The molecule has 4 rings (SSSR count). The minimum absolute atomic E-state index is 0.306. The number of carbonyl (C=O) groups excluding carboxylic acids is 1. The lowest BCUT2D eigenvalue weighted by Gasteiger charge is -2.31. The van der Waals surface area contributed by atoms with E-state index in [0.717, 1.165) is 52.2 Å². The topological polar surface area (TPSA) is 29.2 Å².